The van der Waals surface area contributed by atoms with Gasteiger partial charge in [-0.25, -0.2) is 9.50 Å². The Morgan fingerprint density at radius 3 is 2.71 bits per heavy atom. The topological polar surface area (TPSA) is 43.1 Å². The van der Waals surface area contributed by atoms with Crippen LogP contribution in [0.1, 0.15) is 18.4 Å². The van der Waals surface area contributed by atoms with Crippen LogP contribution < -0.4 is 0 Å². The molecule has 6 heteroatoms. The maximum absolute atomic E-state index is 12.8. The van der Waals surface area contributed by atoms with Crippen molar-refractivity contribution in [2.24, 2.45) is 0 Å². The van der Waals surface area contributed by atoms with Crippen LogP contribution in [-0.2, 0) is 5.92 Å². The molecule has 0 aliphatic heterocycles. The van der Waals surface area contributed by atoms with Crippen LogP contribution in [0.5, 0.6) is 0 Å². The average Bonchev–Trinajstić information content (AvgIpc) is 2.45. The maximum atomic E-state index is 12.8. The molecule has 0 radical (unpaired) electrons. The van der Waals surface area contributed by atoms with Gasteiger partial charge in [0, 0.05) is 18.8 Å². The number of hydrogen-bond donors (Lipinski definition) is 0. The molecule has 0 unspecified atom stereocenters. The Kier molecular flexibility index (Phi) is 1.73. The summed E-state index contributed by atoms with van der Waals surface area (Å²) in [5.74, 6) is -3.33. The molecule has 0 spiro atoms. The molecule has 74 valence electrons. The molecule has 0 aliphatic rings. The average molecular weight is 198 g/mol. The van der Waals surface area contributed by atoms with E-state index in [0.29, 0.717) is 0 Å². The quantitative estimate of drug-likeness (QED) is 0.698. The summed E-state index contributed by atoms with van der Waals surface area (Å²) in [5.41, 5.74) is 0.718. The molecule has 2 heterocycles. The fourth-order valence-corrected chi connectivity index (χ4v) is 1.05. The number of aryl methyl sites for hydroxylation is 1. The fraction of sp³-hybridized carbons (Fsp3) is 0.375. The largest absolute Gasteiger partial charge is 0.305 e. The zero-order valence-corrected chi connectivity index (χ0v) is 7.70. The first-order valence-electron chi connectivity index (χ1n) is 4.05. The van der Waals surface area contributed by atoms with Gasteiger partial charge in [-0.05, 0) is 13.0 Å². The molecule has 0 atom stereocenters. The Morgan fingerprint density at radius 2 is 2.07 bits per heavy atom. The number of rotatable bonds is 1. The van der Waals surface area contributed by atoms with Gasteiger partial charge in [0.2, 0.25) is 5.82 Å². The molecule has 0 aromatic carbocycles. The second-order valence-electron chi connectivity index (χ2n) is 3.14. The highest BCUT2D eigenvalue weighted by molar-refractivity contribution is 5.28. The van der Waals surface area contributed by atoms with Crippen molar-refractivity contribution in [3.63, 3.8) is 0 Å². The van der Waals surface area contributed by atoms with Gasteiger partial charge in [-0.1, -0.05) is 0 Å². The second kappa shape index (κ2) is 2.70. The number of hydrogen-bond acceptors (Lipinski definition) is 3. The van der Waals surface area contributed by atoms with E-state index in [1.54, 1.807) is 19.2 Å². The first kappa shape index (κ1) is 8.98. The third-order valence-corrected chi connectivity index (χ3v) is 1.74. The normalized spacial score (nSPS) is 12.3. The lowest BCUT2D eigenvalue weighted by atomic mass is 10.4. The van der Waals surface area contributed by atoms with Crippen molar-refractivity contribution in [3.05, 3.63) is 23.8 Å². The fourth-order valence-electron chi connectivity index (χ4n) is 1.05. The van der Waals surface area contributed by atoms with E-state index in [1.807, 2.05) is 0 Å². The molecule has 0 saturated heterocycles. The van der Waals surface area contributed by atoms with Crippen molar-refractivity contribution >= 4 is 5.78 Å². The van der Waals surface area contributed by atoms with Crippen LogP contribution in [0.4, 0.5) is 8.78 Å². The molecule has 4 nitrogen and oxygen atoms in total. The summed E-state index contributed by atoms with van der Waals surface area (Å²) in [7, 11) is 0. The molecule has 0 N–H and O–H groups in total. The SMILES string of the molecule is Cc1ccn2nc(C(C)(F)F)nc2n1. The summed E-state index contributed by atoms with van der Waals surface area (Å²) in [6.45, 7) is 2.52. The van der Waals surface area contributed by atoms with Crippen molar-refractivity contribution in [1.29, 1.82) is 0 Å². The van der Waals surface area contributed by atoms with Gasteiger partial charge in [0.05, 0.1) is 0 Å². The molecular formula is C8H8F2N4. The van der Waals surface area contributed by atoms with E-state index < -0.39 is 11.7 Å². The van der Waals surface area contributed by atoms with Gasteiger partial charge in [-0.15, -0.1) is 5.10 Å². The zero-order chi connectivity index (χ0) is 10.3. The van der Waals surface area contributed by atoms with Crippen LogP contribution >= 0.6 is 0 Å². The molecule has 2 aromatic rings. The molecule has 2 aromatic heterocycles. The monoisotopic (exact) mass is 198 g/mol. The van der Waals surface area contributed by atoms with Gasteiger partial charge in [0.15, 0.2) is 0 Å². The number of halogens is 2. The molecular weight excluding hydrogens is 190 g/mol. The first-order valence-corrected chi connectivity index (χ1v) is 4.05. The molecule has 2 rings (SSSR count). The number of fused-ring (bicyclic) bond motifs is 1. The van der Waals surface area contributed by atoms with E-state index in [-0.39, 0.29) is 5.78 Å². The lowest BCUT2D eigenvalue weighted by Crippen LogP contribution is -2.09. The van der Waals surface area contributed by atoms with E-state index in [1.165, 1.54) is 4.52 Å². The van der Waals surface area contributed by atoms with Gasteiger partial charge in [-0.2, -0.15) is 13.8 Å². The minimum absolute atomic E-state index is 0.196. The van der Waals surface area contributed by atoms with Crippen molar-refractivity contribution in [2.75, 3.05) is 0 Å². The third kappa shape index (κ3) is 1.43. The summed E-state index contributed by atoms with van der Waals surface area (Å²) < 4.78 is 26.9. The van der Waals surface area contributed by atoms with Gasteiger partial charge in [0.25, 0.3) is 5.78 Å². The smallest absolute Gasteiger partial charge is 0.216 e. The van der Waals surface area contributed by atoms with E-state index in [9.17, 15) is 8.78 Å². The second-order valence-corrected chi connectivity index (χ2v) is 3.14. The molecule has 0 saturated carbocycles. The van der Waals surface area contributed by atoms with Gasteiger partial charge in [0.1, 0.15) is 0 Å². The summed E-state index contributed by atoms with van der Waals surface area (Å²) in [6.07, 6.45) is 1.56. The predicted octanol–water partition coefficient (Wildman–Crippen LogP) is 1.54. The Bertz CT molecular complexity index is 472. The molecule has 14 heavy (non-hydrogen) atoms. The minimum Gasteiger partial charge on any atom is -0.216 e. The van der Waals surface area contributed by atoms with E-state index in [0.717, 1.165) is 12.6 Å². The van der Waals surface area contributed by atoms with Crippen molar-refractivity contribution in [2.45, 2.75) is 19.8 Å². The van der Waals surface area contributed by atoms with E-state index in [2.05, 4.69) is 15.1 Å². The Hall–Kier alpha value is -1.59. The Labute approximate surface area is 78.6 Å². The van der Waals surface area contributed by atoms with E-state index in [4.69, 9.17) is 0 Å². The number of alkyl halides is 2. The maximum Gasteiger partial charge on any atom is 0.305 e. The summed E-state index contributed by atoms with van der Waals surface area (Å²) in [4.78, 5) is 7.60. The summed E-state index contributed by atoms with van der Waals surface area (Å²) in [6, 6.07) is 1.68. The van der Waals surface area contributed by atoms with Crippen LogP contribution in [-0.4, -0.2) is 19.6 Å². The molecule has 0 bridgehead atoms. The van der Waals surface area contributed by atoms with Crippen LogP contribution in [0.3, 0.4) is 0 Å². The molecule has 0 aliphatic carbocycles. The van der Waals surface area contributed by atoms with E-state index >= 15 is 0 Å². The molecule has 0 amide bonds. The predicted molar refractivity (Wildman–Crippen MR) is 45.1 cm³/mol. The summed E-state index contributed by atoms with van der Waals surface area (Å²) in [5, 5.41) is 3.62. The van der Waals surface area contributed by atoms with Gasteiger partial charge in [-0.3, -0.25) is 0 Å². The highest BCUT2D eigenvalue weighted by Gasteiger charge is 2.30. The van der Waals surface area contributed by atoms with Gasteiger partial charge < -0.3 is 0 Å². The van der Waals surface area contributed by atoms with Crippen LogP contribution in [0.25, 0.3) is 5.78 Å². The first-order chi connectivity index (χ1) is 6.47. The van der Waals surface area contributed by atoms with Crippen LogP contribution in [0.15, 0.2) is 12.3 Å². The van der Waals surface area contributed by atoms with Crippen molar-refractivity contribution in [3.8, 4) is 0 Å². The lowest BCUT2D eigenvalue weighted by Gasteiger charge is -2.01. The summed E-state index contributed by atoms with van der Waals surface area (Å²) >= 11 is 0. The number of nitrogens with zero attached hydrogens (tertiary/aromatic N) is 4. The molecule has 0 fully saturated rings. The highest BCUT2D eigenvalue weighted by atomic mass is 19.3. The lowest BCUT2D eigenvalue weighted by molar-refractivity contribution is 0.00798. The van der Waals surface area contributed by atoms with Crippen molar-refractivity contribution in [1.82, 2.24) is 19.6 Å². The minimum atomic E-state index is -3.03. The Morgan fingerprint density at radius 1 is 1.36 bits per heavy atom. The Balaban J connectivity index is 2.63. The van der Waals surface area contributed by atoms with Crippen LogP contribution in [0.2, 0.25) is 0 Å². The zero-order valence-electron chi connectivity index (χ0n) is 7.70. The highest BCUT2D eigenvalue weighted by Crippen LogP contribution is 2.23. The third-order valence-electron chi connectivity index (χ3n) is 1.74. The van der Waals surface area contributed by atoms with Crippen LogP contribution in [0, 0.1) is 6.92 Å². The van der Waals surface area contributed by atoms with Gasteiger partial charge >= 0.3 is 5.92 Å². The standard InChI is InChI=1S/C8H8F2N4/c1-5-3-4-14-7(11-5)12-6(13-14)8(2,9)10/h3-4H,1-2H3. The number of aromatic nitrogens is 4. The van der Waals surface area contributed by atoms with Crippen molar-refractivity contribution < 1.29 is 8.78 Å².